The number of hydrogen-bond donors (Lipinski definition) is 0. The van der Waals surface area contributed by atoms with Crippen molar-refractivity contribution in [2.24, 2.45) is 0 Å². The van der Waals surface area contributed by atoms with E-state index in [9.17, 15) is 0 Å². The smallest absolute Gasteiger partial charge is 0.133 e. The van der Waals surface area contributed by atoms with Gasteiger partial charge in [-0.2, -0.15) is 0 Å². The number of benzene rings is 5. The summed E-state index contributed by atoms with van der Waals surface area (Å²) in [5.41, 5.74) is 17.5. The molecule has 1 radical (unpaired) electrons. The Morgan fingerprint density at radius 2 is 1.33 bits per heavy atom. The number of aryl methyl sites for hydroxylation is 4. The van der Waals surface area contributed by atoms with Gasteiger partial charge in [0.25, 0.3) is 0 Å². The summed E-state index contributed by atoms with van der Waals surface area (Å²) in [6.45, 7) is 22.0. The third kappa shape index (κ3) is 9.25. The predicted octanol–water partition coefficient (Wildman–Crippen LogP) is 15.4. The van der Waals surface area contributed by atoms with Crippen LogP contribution in [0.1, 0.15) is 49.0 Å². The van der Waals surface area contributed by atoms with Gasteiger partial charge in [-0.15, -0.1) is 48.0 Å². The molecule has 0 saturated carbocycles. The summed E-state index contributed by atoms with van der Waals surface area (Å²) in [5.74, 6) is 2.56. The first-order chi connectivity index (χ1) is 33.1. The molecule has 0 atom stereocenters. The topological polar surface area (TPSA) is 82.8 Å². The maximum atomic E-state index is 6.20. The van der Waals surface area contributed by atoms with E-state index in [1.807, 2.05) is 74.6 Å². The summed E-state index contributed by atoms with van der Waals surface area (Å²) >= 11 is 0. The van der Waals surface area contributed by atoms with Crippen LogP contribution >= 0.6 is 0 Å². The van der Waals surface area contributed by atoms with Crippen molar-refractivity contribution >= 4 is 46.4 Å². The Morgan fingerprint density at radius 1 is 0.643 bits per heavy atom. The van der Waals surface area contributed by atoms with Crippen molar-refractivity contribution in [3.8, 4) is 62.0 Å². The normalized spacial score (nSPS) is 11.7. The fourth-order valence-corrected chi connectivity index (χ4v) is 10.7. The molecule has 0 spiro atoms. The molecule has 11 rings (SSSR count). The second-order valence-electron chi connectivity index (χ2n) is 20.0. The molecule has 0 aliphatic carbocycles. The summed E-state index contributed by atoms with van der Waals surface area (Å²) < 4.78 is 14.4. The predicted molar refractivity (Wildman–Crippen MR) is 286 cm³/mol. The minimum absolute atomic E-state index is 0. The van der Waals surface area contributed by atoms with E-state index in [2.05, 4.69) is 167 Å². The van der Waals surface area contributed by atoms with E-state index < -0.39 is 8.07 Å². The van der Waals surface area contributed by atoms with Crippen molar-refractivity contribution in [3.63, 3.8) is 0 Å². The molecule has 0 fully saturated rings. The third-order valence-corrected chi connectivity index (χ3v) is 14.7. The second kappa shape index (κ2) is 19.0. The van der Waals surface area contributed by atoms with Gasteiger partial charge in [0.2, 0.25) is 0 Å². The molecular weight excluding hydrogens is 1060 g/mol. The van der Waals surface area contributed by atoms with Crippen LogP contribution in [0.5, 0.6) is 0 Å². The third-order valence-electron chi connectivity index (χ3n) is 12.7. The van der Waals surface area contributed by atoms with Crippen LogP contribution in [0.15, 0.2) is 161 Å². The van der Waals surface area contributed by atoms with Crippen molar-refractivity contribution in [2.75, 3.05) is 0 Å². The van der Waals surface area contributed by atoms with Crippen molar-refractivity contribution in [2.45, 2.75) is 73.5 Å². The molecule has 6 heterocycles. The summed E-state index contributed by atoms with van der Waals surface area (Å²) in [6, 6.07) is 56.9. The van der Waals surface area contributed by atoms with Crippen LogP contribution in [0.4, 0.5) is 0 Å². The van der Waals surface area contributed by atoms with E-state index in [0.717, 1.165) is 101 Å². The van der Waals surface area contributed by atoms with Crippen LogP contribution in [-0.2, 0) is 25.5 Å². The first-order valence-corrected chi connectivity index (χ1v) is 27.0. The number of hydrogen-bond acceptors (Lipinski definition) is 6. The molecular formula is C61H55IrN5O2Si-2. The molecule has 5 aromatic carbocycles. The monoisotopic (exact) mass is 1110 g/mol. The second-order valence-corrected chi connectivity index (χ2v) is 25.0. The van der Waals surface area contributed by atoms with Gasteiger partial charge in [-0.05, 0) is 108 Å². The molecule has 0 aliphatic heterocycles. The minimum Gasteiger partial charge on any atom is -0.513 e. The molecule has 6 aromatic heterocycles. The van der Waals surface area contributed by atoms with Gasteiger partial charge in [-0.25, -0.2) is 0 Å². The average molecular weight is 1110 g/mol. The quantitative estimate of drug-likeness (QED) is 0.117. The first-order valence-electron chi connectivity index (χ1n) is 23.5. The van der Waals surface area contributed by atoms with E-state index in [4.69, 9.17) is 23.8 Å². The van der Waals surface area contributed by atoms with Gasteiger partial charge in [-0.3, -0.25) is 15.0 Å². The number of furan rings is 2. The summed E-state index contributed by atoms with van der Waals surface area (Å²) in [4.78, 5) is 20.2. The number of pyridine rings is 3. The van der Waals surface area contributed by atoms with Gasteiger partial charge >= 0.3 is 0 Å². The van der Waals surface area contributed by atoms with Crippen LogP contribution in [-0.4, -0.2) is 32.6 Å². The Balaban J connectivity index is 0.000000222. The fourth-order valence-electron chi connectivity index (χ4n) is 9.25. The molecule has 0 unspecified atom stereocenters. The van der Waals surface area contributed by atoms with Gasteiger partial charge in [-0.1, -0.05) is 119 Å². The minimum atomic E-state index is -1.51. The van der Waals surface area contributed by atoms with Crippen LogP contribution in [0.25, 0.3) is 95.1 Å². The molecule has 9 heteroatoms. The van der Waals surface area contributed by atoms with Gasteiger partial charge in [0.05, 0.1) is 47.4 Å². The number of rotatable bonds is 7. The van der Waals surface area contributed by atoms with Crippen molar-refractivity contribution in [1.82, 2.24) is 24.5 Å². The molecule has 0 N–H and O–H groups in total. The SMILES string of the molecule is Cc1cc2nc(-c3[c-]cc4oc5cccc(C)c5c4n3)n(-c3c(-c4ccccc4)cc(C(C)(C)C)cc3-c3ccccc3)c2c(C)n1.Cc1ccc(-c2cc(-c3[c-]cccc3)ncc2[Si](C)(C)C)o1.[Ir]. The molecule has 0 aliphatic rings. The Kier molecular flexibility index (Phi) is 13.1. The first kappa shape index (κ1) is 48.0. The average Bonchev–Trinajstić information content (AvgIpc) is 4.06. The molecule has 7 nitrogen and oxygen atoms in total. The van der Waals surface area contributed by atoms with Gasteiger partial charge in [0.1, 0.15) is 17.1 Å². The Morgan fingerprint density at radius 3 is 1.94 bits per heavy atom. The van der Waals surface area contributed by atoms with Gasteiger partial charge < -0.3 is 18.4 Å². The van der Waals surface area contributed by atoms with E-state index in [1.165, 1.54) is 10.8 Å². The maximum Gasteiger partial charge on any atom is 0.133 e. The van der Waals surface area contributed by atoms with E-state index >= 15 is 0 Å². The molecule has 0 saturated heterocycles. The summed E-state index contributed by atoms with van der Waals surface area (Å²) in [6.07, 6.45) is 2.02. The van der Waals surface area contributed by atoms with Crippen LogP contribution < -0.4 is 5.19 Å². The van der Waals surface area contributed by atoms with Crippen molar-refractivity contribution in [1.29, 1.82) is 0 Å². The number of fused-ring (bicyclic) bond motifs is 4. The van der Waals surface area contributed by atoms with E-state index in [1.54, 1.807) is 0 Å². The summed E-state index contributed by atoms with van der Waals surface area (Å²) in [5, 5.41) is 2.33. The Labute approximate surface area is 425 Å². The van der Waals surface area contributed by atoms with Crippen molar-refractivity contribution in [3.05, 3.63) is 192 Å². The van der Waals surface area contributed by atoms with Crippen LogP contribution in [0.3, 0.4) is 0 Å². The maximum absolute atomic E-state index is 6.20. The van der Waals surface area contributed by atoms with Crippen LogP contribution in [0.2, 0.25) is 19.6 Å². The number of nitrogens with zero attached hydrogens (tertiary/aromatic N) is 5. The van der Waals surface area contributed by atoms with E-state index in [0.29, 0.717) is 17.1 Å². The van der Waals surface area contributed by atoms with Crippen molar-refractivity contribution < 1.29 is 28.9 Å². The van der Waals surface area contributed by atoms with Gasteiger partial charge in [0, 0.05) is 54.1 Å². The molecule has 0 amide bonds. The molecule has 0 bridgehead atoms. The molecule has 351 valence electrons. The Bertz CT molecular complexity index is 3620. The number of imidazole rings is 1. The summed E-state index contributed by atoms with van der Waals surface area (Å²) in [7, 11) is -1.51. The standard InChI is InChI=1S/C42H35N4O.C19H20NOSi.Ir/c1-25-14-13-19-35-37(25)38-36(47-35)21-20-33(44-38)41-45-34-22-26(2)43-27(3)39(34)46(41)40-31(28-15-9-7-10-16-28)23-30(42(4,5)6)24-32(40)29-17-11-8-12-18-29;1-14-10-11-18(21-14)16-12-17(15-8-6-5-7-9-15)20-13-19(16)22(2,3)4;/h7-19,21-24H,1-6H3;5-8,10-13H,1-4H3;/q2*-1;. The van der Waals surface area contributed by atoms with Gasteiger partial charge in [0.15, 0.2) is 0 Å². The zero-order valence-electron chi connectivity index (χ0n) is 41.3. The molecule has 11 aromatic rings. The molecule has 70 heavy (non-hydrogen) atoms. The largest absolute Gasteiger partial charge is 0.513 e. The zero-order chi connectivity index (χ0) is 48.2. The van der Waals surface area contributed by atoms with Crippen LogP contribution in [0, 0.1) is 39.8 Å². The van der Waals surface area contributed by atoms with E-state index in [-0.39, 0.29) is 25.5 Å². The number of aromatic nitrogens is 5. The fraction of sp³-hybridized carbons (Fsp3) is 0.180. The Hall–Kier alpha value is -7.03. The zero-order valence-corrected chi connectivity index (χ0v) is 44.7.